The van der Waals surface area contributed by atoms with Gasteiger partial charge in [0, 0.05) is 34.1 Å². The lowest BCUT2D eigenvalue weighted by Crippen LogP contribution is -2.13. The summed E-state index contributed by atoms with van der Waals surface area (Å²) in [5, 5.41) is 0. The molecule has 0 aliphatic rings. The van der Waals surface area contributed by atoms with Gasteiger partial charge in [0.2, 0.25) is 0 Å². The quantitative estimate of drug-likeness (QED) is 0.188. The molecule has 0 unspecified atom stereocenters. The van der Waals surface area contributed by atoms with Crippen LogP contribution in [0.3, 0.4) is 0 Å². The predicted octanol–water partition coefficient (Wildman–Crippen LogP) is 12.1. The molecule has 0 atom stereocenters. The average Bonchev–Trinajstić information content (AvgIpc) is 3.02. The molecule has 0 heterocycles. The van der Waals surface area contributed by atoms with Crippen molar-refractivity contribution in [3.63, 3.8) is 0 Å². The van der Waals surface area contributed by atoms with Crippen molar-refractivity contribution in [2.75, 3.05) is 9.80 Å². The van der Waals surface area contributed by atoms with Crippen LogP contribution in [0.25, 0.3) is 11.1 Å². The Labute approximate surface area is 262 Å². The fourth-order valence-electron chi connectivity index (χ4n) is 6.25. The number of aryl methyl sites for hydroxylation is 6. The van der Waals surface area contributed by atoms with Crippen molar-refractivity contribution in [3.8, 4) is 11.1 Å². The van der Waals surface area contributed by atoms with Crippen molar-refractivity contribution in [3.05, 3.63) is 167 Å². The lowest BCUT2D eigenvalue weighted by Gasteiger charge is -2.30. The highest BCUT2D eigenvalue weighted by Crippen LogP contribution is 2.42. The second kappa shape index (κ2) is 12.3. The van der Waals surface area contributed by atoms with Gasteiger partial charge in [0.15, 0.2) is 0 Å². The summed E-state index contributed by atoms with van der Waals surface area (Å²) >= 11 is 0. The minimum absolute atomic E-state index is 1.16. The third-order valence-electron chi connectivity index (χ3n) is 8.65. The molecular weight excluding hydrogens is 532 g/mol. The lowest BCUT2D eigenvalue weighted by molar-refractivity contribution is 1.21. The van der Waals surface area contributed by atoms with Crippen LogP contribution in [0.4, 0.5) is 34.1 Å². The molecule has 44 heavy (non-hydrogen) atoms. The van der Waals surface area contributed by atoms with Gasteiger partial charge in [-0.3, -0.25) is 0 Å². The Morgan fingerprint density at radius 1 is 0.295 bits per heavy atom. The molecule has 6 rings (SSSR count). The monoisotopic (exact) mass is 572 g/mol. The van der Waals surface area contributed by atoms with E-state index in [1.807, 2.05) is 0 Å². The third-order valence-corrected chi connectivity index (χ3v) is 8.65. The summed E-state index contributed by atoms with van der Waals surface area (Å²) in [6.45, 7) is 13.2. The largest absolute Gasteiger partial charge is 0.310 e. The summed E-state index contributed by atoms with van der Waals surface area (Å²) < 4.78 is 0. The number of anilines is 6. The van der Waals surface area contributed by atoms with Gasteiger partial charge in [-0.2, -0.15) is 0 Å². The van der Waals surface area contributed by atoms with Crippen LogP contribution in [0, 0.1) is 41.5 Å². The molecule has 0 N–H and O–H groups in total. The number of para-hydroxylation sites is 4. The minimum atomic E-state index is 1.16. The second-order valence-electron chi connectivity index (χ2n) is 11.8. The maximum atomic E-state index is 2.39. The number of hydrogen-bond acceptors (Lipinski definition) is 2. The molecular formula is C42H40N2. The molecule has 0 aromatic heterocycles. The zero-order valence-corrected chi connectivity index (χ0v) is 26.6. The van der Waals surface area contributed by atoms with Crippen molar-refractivity contribution in [1.29, 1.82) is 0 Å². The van der Waals surface area contributed by atoms with Gasteiger partial charge >= 0.3 is 0 Å². The molecule has 0 saturated heterocycles. The van der Waals surface area contributed by atoms with E-state index in [9.17, 15) is 0 Å². The van der Waals surface area contributed by atoms with E-state index in [1.165, 1.54) is 67.3 Å². The normalized spacial score (nSPS) is 11.0. The fraction of sp³-hybridized carbons (Fsp3) is 0.143. The van der Waals surface area contributed by atoms with Crippen LogP contribution in [0.15, 0.2) is 133 Å². The third kappa shape index (κ3) is 5.52. The first-order chi connectivity index (χ1) is 21.3. The van der Waals surface area contributed by atoms with E-state index in [1.54, 1.807) is 0 Å². The van der Waals surface area contributed by atoms with Crippen LogP contribution in [-0.2, 0) is 0 Å². The van der Waals surface area contributed by atoms with Gasteiger partial charge in [-0.15, -0.1) is 0 Å². The van der Waals surface area contributed by atoms with Gasteiger partial charge in [0.1, 0.15) is 0 Å². The highest BCUT2D eigenvalue weighted by molar-refractivity contribution is 5.85. The van der Waals surface area contributed by atoms with Gasteiger partial charge < -0.3 is 9.80 Å². The lowest BCUT2D eigenvalue weighted by atomic mass is 9.94. The van der Waals surface area contributed by atoms with E-state index in [4.69, 9.17) is 0 Å². The molecule has 0 aliphatic heterocycles. The van der Waals surface area contributed by atoms with Crippen LogP contribution in [0.5, 0.6) is 0 Å². The molecule has 2 heteroatoms. The van der Waals surface area contributed by atoms with Gasteiger partial charge in [0.05, 0.1) is 0 Å². The molecule has 218 valence electrons. The van der Waals surface area contributed by atoms with E-state index in [2.05, 4.69) is 185 Å². The standard InChI is InChI=1S/C42H40N2/c1-29-15-7-11-19-39(29)43(40-20-12-8-16-30(40)2)35-23-25-37(33(5)27-35)38-26-24-36(28-34(38)6)44(41-21-13-9-17-31(41)3)42-22-14-10-18-32(42)4/h7-28H,1-6H3. The van der Waals surface area contributed by atoms with Crippen LogP contribution in [-0.4, -0.2) is 0 Å². The molecule has 0 spiro atoms. The molecule has 0 aliphatic carbocycles. The molecule has 0 fully saturated rings. The Hall–Kier alpha value is -5.08. The highest BCUT2D eigenvalue weighted by atomic mass is 15.2. The van der Waals surface area contributed by atoms with Crippen LogP contribution < -0.4 is 9.80 Å². The summed E-state index contributed by atoms with van der Waals surface area (Å²) in [7, 11) is 0. The Bertz CT molecular complexity index is 1720. The average molecular weight is 573 g/mol. The van der Waals surface area contributed by atoms with Gasteiger partial charge in [-0.1, -0.05) is 84.9 Å². The van der Waals surface area contributed by atoms with Crippen molar-refractivity contribution >= 4 is 34.1 Å². The maximum Gasteiger partial charge on any atom is 0.0490 e. The van der Waals surface area contributed by atoms with Crippen LogP contribution >= 0.6 is 0 Å². The van der Waals surface area contributed by atoms with Gasteiger partial charge in [0.25, 0.3) is 0 Å². The van der Waals surface area contributed by atoms with E-state index in [-0.39, 0.29) is 0 Å². The topological polar surface area (TPSA) is 6.48 Å². The van der Waals surface area contributed by atoms with E-state index in [0.29, 0.717) is 0 Å². The summed E-state index contributed by atoms with van der Waals surface area (Å²) in [5.74, 6) is 0. The first-order valence-corrected chi connectivity index (χ1v) is 15.4. The summed E-state index contributed by atoms with van der Waals surface area (Å²) in [6, 6.07) is 48.3. The summed E-state index contributed by atoms with van der Waals surface area (Å²) in [5.41, 5.74) is 17.1. The first kappa shape index (κ1) is 29.0. The highest BCUT2D eigenvalue weighted by Gasteiger charge is 2.19. The van der Waals surface area contributed by atoms with Crippen molar-refractivity contribution < 1.29 is 0 Å². The number of rotatable bonds is 7. The van der Waals surface area contributed by atoms with E-state index >= 15 is 0 Å². The van der Waals surface area contributed by atoms with Gasteiger partial charge in [-0.25, -0.2) is 0 Å². The van der Waals surface area contributed by atoms with Crippen LogP contribution in [0.2, 0.25) is 0 Å². The Morgan fingerprint density at radius 2 is 0.568 bits per heavy atom. The molecule has 0 radical (unpaired) electrons. The minimum Gasteiger partial charge on any atom is -0.310 e. The number of hydrogen-bond donors (Lipinski definition) is 0. The fourth-order valence-corrected chi connectivity index (χ4v) is 6.25. The SMILES string of the molecule is Cc1cc(N(c2ccccc2C)c2ccccc2C)ccc1-c1ccc(N(c2ccccc2C)c2ccccc2C)cc1C. The van der Waals surface area contributed by atoms with Gasteiger partial charge in [-0.05, 0) is 135 Å². The smallest absolute Gasteiger partial charge is 0.0490 e. The molecule has 6 aromatic rings. The summed E-state index contributed by atoms with van der Waals surface area (Å²) in [6.07, 6.45) is 0. The number of benzene rings is 6. The molecule has 0 amide bonds. The predicted molar refractivity (Wildman–Crippen MR) is 190 cm³/mol. The molecule has 0 saturated carbocycles. The zero-order valence-electron chi connectivity index (χ0n) is 26.6. The Morgan fingerprint density at radius 3 is 0.818 bits per heavy atom. The van der Waals surface area contributed by atoms with Crippen molar-refractivity contribution in [1.82, 2.24) is 0 Å². The summed E-state index contributed by atoms with van der Waals surface area (Å²) in [4.78, 5) is 4.78. The van der Waals surface area contributed by atoms with E-state index < -0.39 is 0 Å². The maximum absolute atomic E-state index is 2.39. The zero-order chi connectivity index (χ0) is 30.8. The number of nitrogens with zero attached hydrogens (tertiary/aromatic N) is 2. The van der Waals surface area contributed by atoms with E-state index in [0.717, 1.165) is 11.4 Å². The van der Waals surface area contributed by atoms with Crippen molar-refractivity contribution in [2.24, 2.45) is 0 Å². The second-order valence-corrected chi connectivity index (χ2v) is 11.8. The van der Waals surface area contributed by atoms with Crippen LogP contribution in [0.1, 0.15) is 33.4 Å². The molecule has 0 bridgehead atoms. The molecule has 2 nitrogen and oxygen atoms in total. The first-order valence-electron chi connectivity index (χ1n) is 15.4. The molecule has 6 aromatic carbocycles. The van der Waals surface area contributed by atoms with Crippen molar-refractivity contribution in [2.45, 2.75) is 41.5 Å². The Kier molecular flexibility index (Phi) is 8.09. The Balaban J connectivity index is 1.43.